The van der Waals surface area contributed by atoms with Gasteiger partial charge in [-0.15, -0.1) is 0 Å². The predicted molar refractivity (Wildman–Crippen MR) is 111 cm³/mol. The second kappa shape index (κ2) is 9.48. The standard InChI is InChI=1S/C21H16BrN3O3/c22-16-9-11-17(12-10-16)24-20(26)21(27)25-23-14-15-5-4-8-19(13-15)28-18-6-2-1-3-7-18/h1-14H,(H,24,26)(H,25,27). The third-order valence-electron chi connectivity index (χ3n) is 3.53. The number of hydrogen-bond acceptors (Lipinski definition) is 4. The Hall–Kier alpha value is -3.45. The van der Waals surface area contributed by atoms with E-state index in [2.05, 4.69) is 31.8 Å². The van der Waals surface area contributed by atoms with Crippen molar-refractivity contribution in [1.29, 1.82) is 0 Å². The Morgan fingerprint density at radius 2 is 1.57 bits per heavy atom. The van der Waals surface area contributed by atoms with E-state index in [1.165, 1.54) is 6.21 Å². The highest BCUT2D eigenvalue weighted by Gasteiger charge is 2.12. The molecule has 3 rings (SSSR count). The van der Waals surface area contributed by atoms with Crippen LogP contribution >= 0.6 is 15.9 Å². The molecule has 3 aromatic rings. The topological polar surface area (TPSA) is 79.8 Å². The van der Waals surface area contributed by atoms with Crippen molar-refractivity contribution < 1.29 is 14.3 Å². The molecule has 0 atom stereocenters. The molecule has 0 spiro atoms. The number of benzene rings is 3. The van der Waals surface area contributed by atoms with E-state index in [4.69, 9.17) is 4.74 Å². The van der Waals surface area contributed by atoms with Gasteiger partial charge < -0.3 is 10.1 Å². The van der Waals surface area contributed by atoms with Gasteiger partial charge in [-0.1, -0.05) is 46.3 Å². The lowest BCUT2D eigenvalue weighted by atomic mass is 10.2. The number of amides is 2. The number of carbonyl (C=O) groups excluding carboxylic acids is 2. The first-order valence-electron chi connectivity index (χ1n) is 8.33. The lowest BCUT2D eigenvalue weighted by molar-refractivity contribution is -0.136. The number of hydrazone groups is 1. The van der Waals surface area contributed by atoms with Crippen LogP contribution in [0.1, 0.15) is 5.56 Å². The van der Waals surface area contributed by atoms with Gasteiger partial charge in [0.1, 0.15) is 11.5 Å². The average molecular weight is 438 g/mol. The molecule has 2 amide bonds. The van der Waals surface area contributed by atoms with Crippen molar-refractivity contribution >= 4 is 39.6 Å². The van der Waals surface area contributed by atoms with Crippen LogP contribution in [-0.4, -0.2) is 18.0 Å². The number of nitrogens with one attached hydrogen (secondary N) is 2. The minimum Gasteiger partial charge on any atom is -0.457 e. The third-order valence-corrected chi connectivity index (χ3v) is 4.05. The van der Waals surface area contributed by atoms with E-state index in [9.17, 15) is 9.59 Å². The maximum Gasteiger partial charge on any atom is 0.329 e. The number of nitrogens with zero attached hydrogens (tertiary/aromatic N) is 1. The van der Waals surface area contributed by atoms with Gasteiger partial charge in [0.05, 0.1) is 6.21 Å². The SMILES string of the molecule is O=C(NN=Cc1cccc(Oc2ccccc2)c1)C(=O)Nc1ccc(Br)cc1. The lowest BCUT2D eigenvalue weighted by Crippen LogP contribution is -2.32. The molecule has 0 aromatic heterocycles. The zero-order chi connectivity index (χ0) is 19.8. The van der Waals surface area contributed by atoms with Crippen LogP contribution in [0.2, 0.25) is 0 Å². The fourth-order valence-corrected chi connectivity index (χ4v) is 2.48. The maximum absolute atomic E-state index is 11.9. The minimum absolute atomic E-state index is 0.512. The van der Waals surface area contributed by atoms with Crippen LogP contribution in [0.5, 0.6) is 11.5 Å². The molecule has 6 nitrogen and oxygen atoms in total. The van der Waals surface area contributed by atoms with Gasteiger partial charge in [-0.25, -0.2) is 5.43 Å². The molecule has 0 saturated heterocycles. The van der Waals surface area contributed by atoms with E-state index in [-0.39, 0.29) is 0 Å². The minimum atomic E-state index is -0.865. The second-order valence-corrected chi connectivity index (χ2v) is 6.56. The highest BCUT2D eigenvalue weighted by Crippen LogP contribution is 2.21. The summed E-state index contributed by atoms with van der Waals surface area (Å²) in [7, 11) is 0. The molecule has 3 aromatic carbocycles. The van der Waals surface area contributed by atoms with Crippen LogP contribution in [0.3, 0.4) is 0 Å². The summed E-state index contributed by atoms with van der Waals surface area (Å²) in [4.78, 5) is 23.7. The summed E-state index contributed by atoms with van der Waals surface area (Å²) in [5, 5.41) is 6.31. The second-order valence-electron chi connectivity index (χ2n) is 5.65. The molecular weight excluding hydrogens is 422 g/mol. The number of rotatable bonds is 5. The number of halogens is 1. The summed E-state index contributed by atoms with van der Waals surface area (Å²) in [5.41, 5.74) is 3.42. The first kappa shape index (κ1) is 19.3. The van der Waals surface area contributed by atoms with Crippen molar-refractivity contribution in [2.75, 3.05) is 5.32 Å². The summed E-state index contributed by atoms with van der Waals surface area (Å²) >= 11 is 3.30. The molecule has 0 saturated carbocycles. The van der Waals surface area contributed by atoms with Gasteiger partial charge in [0.25, 0.3) is 0 Å². The van der Waals surface area contributed by atoms with Crippen LogP contribution in [-0.2, 0) is 9.59 Å². The highest BCUT2D eigenvalue weighted by atomic mass is 79.9. The molecule has 140 valence electrons. The Balaban J connectivity index is 1.55. The molecule has 0 aliphatic heterocycles. The Kier molecular flexibility index (Phi) is 6.54. The van der Waals surface area contributed by atoms with E-state index >= 15 is 0 Å². The molecule has 0 aliphatic carbocycles. The predicted octanol–water partition coefficient (Wildman–Crippen LogP) is 4.33. The monoisotopic (exact) mass is 437 g/mol. The van der Waals surface area contributed by atoms with E-state index < -0.39 is 11.8 Å². The number of ether oxygens (including phenoxy) is 1. The number of anilines is 1. The molecule has 0 bridgehead atoms. The Morgan fingerprint density at radius 3 is 2.32 bits per heavy atom. The van der Waals surface area contributed by atoms with Crippen molar-refractivity contribution in [2.45, 2.75) is 0 Å². The molecule has 0 radical (unpaired) electrons. The Labute approximate surface area is 170 Å². The van der Waals surface area contributed by atoms with Crippen molar-refractivity contribution in [2.24, 2.45) is 5.10 Å². The summed E-state index contributed by atoms with van der Waals surface area (Å²) in [6.45, 7) is 0. The van der Waals surface area contributed by atoms with Crippen LogP contribution < -0.4 is 15.5 Å². The summed E-state index contributed by atoms with van der Waals surface area (Å²) < 4.78 is 6.62. The fraction of sp³-hybridized carbons (Fsp3) is 0. The van der Waals surface area contributed by atoms with Gasteiger partial charge in [0.2, 0.25) is 0 Å². The fourth-order valence-electron chi connectivity index (χ4n) is 2.22. The van der Waals surface area contributed by atoms with Crippen LogP contribution in [0.15, 0.2) is 88.4 Å². The van der Waals surface area contributed by atoms with Gasteiger partial charge in [-0.2, -0.15) is 5.10 Å². The lowest BCUT2D eigenvalue weighted by Gasteiger charge is -2.06. The van der Waals surface area contributed by atoms with Crippen molar-refractivity contribution in [1.82, 2.24) is 5.43 Å². The number of para-hydroxylation sites is 1. The smallest absolute Gasteiger partial charge is 0.329 e. The molecule has 2 N–H and O–H groups in total. The summed E-state index contributed by atoms with van der Waals surface area (Å²) in [6, 6.07) is 23.4. The number of hydrogen-bond donors (Lipinski definition) is 2. The van der Waals surface area contributed by atoms with Gasteiger partial charge in [-0.3, -0.25) is 9.59 Å². The molecule has 0 fully saturated rings. The van der Waals surface area contributed by atoms with E-state index in [1.54, 1.807) is 36.4 Å². The van der Waals surface area contributed by atoms with Gasteiger partial charge in [-0.05, 0) is 54.1 Å². The highest BCUT2D eigenvalue weighted by molar-refractivity contribution is 9.10. The zero-order valence-corrected chi connectivity index (χ0v) is 16.2. The van der Waals surface area contributed by atoms with E-state index in [0.717, 1.165) is 10.2 Å². The normalized spacial score (nSPS) is 10.5. The maximum atomic E-state index is 11.9. The number of carbonyl (C=O) groups is 2. The first-order chi connectivity index (χ1) is 13.6. The van der Waals surface area contributed by atoms with Gasteiger partial charge in [0, 0.05) is 10.2 Å². The Morgan fingerprint density at radius 1 is 0.857 bits per heavy atom. The van der Waals surface area contributed by atoms with Crippen molar-refractivity contribution in [3.05, 3.63) is 88.9 Å². The molecule has 0 heterocycles. The molecule has 0 unspecified atom stereocenters. The van der Waals surface area contributed by atoms with Crippen molar-refractivity contribution in [3.8, 4) is 11.5 Å². The molecular formula is C21H16BrN3O3. The zero-order valence-electron chi connectivity index (χ0n) is 14.6. The van der Waals surface area contributed by atoms with Crippen molar-refractivity contribution in [3.63, 3.8) is 0 Å². The van der Waals surface area contributed by atoms with Gasteiger partial charge in [0.15, 0.2) is 0 Å². The third kappa shape index (κ3) is 5.78. The van der Waals surface area contributed by atoms with E-state index in [1.807, 2.05) is 42.5 Å². The Bertz CT molecular complexity index is 989. The van der Waals surface area contributed by atoms with Crippen LogP contribution in [0, 0.1) is 0 Å². The molecule has 7 heteroatoms. The van der Waals surface area contributed by atoms with Crippen LogP contribution in [0.25, 0.3) is 0 Å². The average Bonchev–Trinajstić information content (AvgIpc) is 2.71. The van der Waals surface area contributed by atoms with Crippen LogP contribution in [0.4, 0.5) is 5.69 Å². The molecule has 28 heavy (non-hydrogen) atoms. The molecule has 0 aliphatic rings. The first-order valence-corrected chi connectivity index (χ1v) is 9.12. The summed E-state index contributed by atoms with van der Waals surface area (Å²) in [6.07, 6.45) is 1.43. The summed E-state index contributed by atoms with van der Waals surface area (Å²) in [5.74, 6) is -0.319. The van der Waals surface area contributed by atoms with Gasteiger partial charge >= 0.3 is 11.8 Å². The quantitative estimate of drug-likeness (QED) is 0.354. The van der Waals surface area contributed by atoms with E-state index in [0.29, 0.717) is 17.0 Å². The largest absolute Gasteiger partial charge is 0.457 e.